The Morgan fingerprint density at radius 2 is 1.88 bits per heavy atom. The number of aryl methyl sites for hydroxylation is 2. The highest BCUT2D eigenvalue weighted by Gasteiger charge is 2.17. The van der Waals surface area contributed by atoms with Crippen molar-refractivity contribution in [3.8, 4) is 0 Å². The van der Waals surface area contributed by atoms with Gasteiger partial charge in [0, 0.05) is 19.5 Å². The van der Waals surface area contributed by atoms with Gasteiger partial charge in [-0.25, -0.2) is 4.68 Å². The molecular weight excluding hydrogens is 212 g/mol. The van der Waals surface area contributed by atoms with Gasteiger partial charge in [-0.3, -0.25) is 4.79 Å². The largest absolute Gasteiger partial charge is 0.273 e. The van der Waals surface area contributed by atoms with Crippen molar-refractivity contribution in [2.24, 2.45) is 0 Å². The van der Waals surface area contributed by atoms with Crippen LogP contribution in [0, 0.1) is 0 Å². The quantitative estimate of drug-likeness (QED) is 0.690. The van der Waals surface area contributed by atoms with Crippen LogP contribution in [0.3, 0.4) is 0 Å². The standard InChI is InChI=1S/C14H14N2O/c1-10(17)16-9-13-7-6-11-4-2-3-5-12(11)8-14(13)15-16/h2-5,9H,6-8H2,1H3. The Morgan fingerprint density at radius 1 is 1.18 bits per heavy atom. The summed E-state index contributed by atoms with van der Waals surface area (Å²) in [5.74, 6) is -0.0219. The molecule has 0 N–H and O–H groups in total. The van der Waals surface area contributed by atoms with Crippen LogP contribution >= 0.6 is 0 Å². The first-order valence-corrected chi connectivity index (χ1v) is 5.89. The van der Waals surface area contributed by atoms with Crippen LogP contribution < -0.4 is 0 Å². The third kappa shape index (κ3) is 1.78. The number of fused-ring (bicyclic) bond motifs is 2. The SMILES string of the molecule is CC(=O)n1cc2c(n1)Cc1ccccc1CC2. The summed E-state index contributed by atoms with van der Waals surface area (Å²) in [6.45, 7) is 1.54. The Bertz CT molecular complexity index is 584. The molecule has 0 atom stereocenters. The van der Waals surface area contributed by atoms with E-state index in [2.05, 4.69) is 29.4 Å². The molecule has 0 bridgehead atoms. The molecule has 0 unspecified atom stereocenters. The van der Waals surface area contributed by atoms with E-state index in [0.717, 1.165) is 25.0 Å². The summed E-state index contributed by atoms with van der Waals surface area (Å²) in [6.07, 6.45) is 4.72. The fourth-order valence-corrected chi connectivity index (χ4v) is 2.39. The van der Waals surface area contributed by atoms with Crippen molar-refractivity contribution in [3.05, 3.63) is 52.8 Å². The molecule has 17 heavy (non-hydrogen) atoms. The first-order chi connectivity index (χ1) is 8.24. The predicted molar refractivity (Wildman–Crippen MR) is 65.2 cm³/mol. The Kier molecular flexibility index (Phi) is 2.32. The number of nitrogens with zero attached hydrogens (tertiary/aromatic N) is 2. The van der Waals surface area contributed by atoms with Gasteiger partial charge in [0.05, 0.1) is 5.69 Å². The third-order valence-electron chi connectivity index (χ3n) is 3.34. The van der Waals surface area contributed by atoms with Crippen molar-refractivity contribution in [1.29, 1.82) is 0 Å². The molecular formula is C14H14N2O. The zero-order chi connectivity index (χ0) is 11.8. The van der Waals surface area contributed by atoms with E-state index in [-0.39, 0.29) is 5.91 Å². The Morgan fingerprint density at radius 3 is 2.65 bits per heavy atom. The van der Waals surface area contributed by atoms with Crippen molar-refractivity contribution in [2.75, 3.05) is 0 Å². The molecule has 0 spiro atoms. The number of carbonyl (C=O) groups is 1. The third-order valence-corrected chi connectivity index (χ3v) is 3.34. The normalized spacial score (nSPS) is 13.7. The predicted octanol–water partition coefficient (Wildman–Crippen LogP) is 2.23. The second-order valence-electron chi connectivity index (χ2n) is 4.51. The average molecular weight is 226 g/mol. The second-order valence-corrected chi connectivity index (χ2v) is 4.51. The van der Waals surface area contributed by atoms with E-state index >= 15 is 0 Å². The first kappa shape index (κ1) is 10.3. The molecule has 0 saturated heterocycles. The maximum Gasteiger partial charge on any atom is 0.243 e. The molecule has 0 aliphatic heterocycles. The van der Waals surface area contributed by atoms with Crippen molar-refractivity contribution in [2.45, 2.75) is 26.2 Å². The number of rotatable bonds is 0. The van der Waals surface area contributed by atoms with E-state index < -0.39 is 0 Å². The Balaban J connectivity index is 2.04. The summed E-state index contributed by atoms with van der Waals surface area (Å²) in [4.78, 5) is 11.3. The minimum absolute atomic E-state index is 0.0219. The van der Waals surface area contributed by atoms with Gasteiger partial charge in [0.1, 0.15) is 0 Å². The zero-order valence-electron chi connectivity index (χ0n) is 9.81. The second kappa shape index (κ2) is 3.84. The molecule has 3 rings (SSSR count). The van der Waals surface area contributed by atoms with E-state index in [1.165, 1.54) is 21.4 Å². The van der Waals surface area contributed by atoms with E-state index in [4.69, 9.17) is 0 Å². The van der Waals surface area contributed by atoms with Crippen LogP contribution in [0.1, 0.15) is 34.1 Å². The van der Waals surface area contributed by atoms with Gasteiger partial charge in [0.2, 0.25) is 5.91 Å². The van der Waals surface area contributed by atoms with Gasteiger partial charge in [-0.2, -0.15) is 5.10 Å². The van der Waals surface area contributed by atoms with Gasteiger partial charge < -0.3 is 0 Å². The topological polar surface area (TPSA) is 34.9 Å². The van der Waals surface area contributed by atoms with E-state index in [0.29, 0.717) is 0 Å². The van der Waals surface area contributed by atoms with Crippen LogP contribution in [0.2, 0.25) is 0 Å². The highest BCUT2D eigenvalue weighted by molar-refractivity contribution is 5.75. The molecule has 3 nitrogen and oxygen atoms in total. The number of carbonyl (C=O) groups excluding carboxylic acids is 1. The van der Waals surface area contributed by atoms with Gasteiger partial charge >= 0.3 is 0 Å². The van der Waals surface area contributed by atoms with E-state index in [1.54, 1.807) is 6.92 Å². The highest BCUT2D eigenvalue weighted by Crippen LogP contribution is 2.23. The van der Waals surface area contributed by atoms with Crippen molar-refractivity contribution in [3.63, 3.8) is 0 Å². The number of benzene rings is 1. The average Bonchev–Trinajstić information content (AvgIpc) is 2.64. The molecule has 1 aromatic heterocycles. The van der Waals surface area contributed by atoms with Crippen LogP contribution in [-0.4, -0.2) is 15.7 Å². The molecule has 1 heterocycles. The van der Waals surface area contributed by atoms with Crippen LogP contribution in [0.25, 0.3) is 0 Å². The lowest BCUT2D eigenvalue weighted by Crippen LogP contribution is -2.06. The number of hydrogen-bond acceptors (Lipinski definition) is 2. The van der Waals surface area contributed by atoms with Crippen molar-refractivity contribution in [1.82, 2.24) is 9.78 Å². The van der Waals surface area contributed by atoms with Gasteiger partial charge in [-0.05, 0) is 29.5 Å². The molecule has 1 aromatic carbocycles. The van der Waals surface area contributed by atoms with Gasteiger partial charge in [-0.1, -0.05) is 24.3 Å². The van der Waals surface area contributed by atoms with Crippen LogP contribution in [-0.2, 0) is 19.3 Å². The molecule has 0 saturated carbocycles. The Labute approximate surface area is 100 Å². The van der Waals surface area contributed by atoms with Gasteiger partial charge in [0.25, 0.3) is 0 Å². The monoisotopic (exact) mass is 226 g/mol. The summed E-state index contributed by atoms with van der Waals surface area (Å²) in [7, 11) is 0. The van der Waals surface area contributed by atoms with Crippen molar-refractivity contribution >= 4 is 5.91 Å². The lowest BCUT2D eigenvalue weighted by Gasteiger charge is -2.03. The highest BCUT2D eigenvalue weighted by atomic mass is 16.2. The molecule has 3 heteroatoms. The van der Waals surface area contributed by atoms with E-state index in [1.807, 2.05) is 6.20 Å². The summed E-state index contributed by atoms with van der Waals surface area (Å²) < 4.78 is 1.46. The molecule has 2 aromatic rings. The van der Waals surface area contributed by atoms with Gasteiger partial charge in [0.15, 0.2) is 0 Å². The first-order valence-electron chi connectivity index (χ1n) is 5.89. The lowest BCUT2D eigenvalue weighted by atomic mass is 10.0. The lowest BCUT2D eigenvalue weighted by molar-refractivity contribution is 0.0920. The molecule has 86 valence electrons. The molecule has 0 amide bonds. The summed E-state index contributed by atoms with van der Waals surface area (Å²) in [5.41, 5.74) is 4.99. The molecule has 0 fully saturated rings. The summed E-state index contributed by atoms with van der Waals surface area (Å²) >= 11 is 0. The smallest absolute Gasteiger partial charge is 0.243 e. The van der Waals surface area contributed by atoms with Gasteiger partial charge in [-0.15, -0.1) is 0 Å². The minimum atomic E-state index is -0.0219. The molecule has 0 radical (unpaired) electrons. The van der Waals surface area contributed by atoms with E-state index in [9.17, 15) is 4.79 Å². The van der Waals surface area contributed by atoms with Crippen LogP contribution in [0.15, 0.2) is 30.5 Å². The maximum atomic E-state index is 11.3. The Hall–Kier alpha value is -1.90. The van der Waals surface area contributed by atoms with Crippen LogP contribution in [0.5, 0.6) is 0 Å². The molecule has 1 aliphatic carbocycles. The number of aromatic nitrogens is 2. The minimum Gasteiger partial charge on any atom is -0.273 e. The van der Waals surface area contributed by atoms with Crippen molar-refractivity contribution < 1.29 is 4.79 Å². The number of hydrogen-bond donors (Lipinski definition) is 0. The molecule has 1 aliphatic rings. The fraction of sp³-hybridized carbons (Fsp3) is 0.286. The van der Waals surface area contributed by atoms with Crippen LogP contribution in [0.4, 0.5) is 0 Å². The maximum absolute atomic E-state index is 11.3. The fourth-order valence-electron chi connectivity index (χ4n) is 2.39. The summed E-state index contributed by atoms with van der Waals surface area (Å²) in [5, 5.41) is 4.38. The zero-order valence-corrected chi connectivity index (χ0v) is 9.81. The summed E-state index contributed by atoms with van der Waals surface area (Å²) in [6, 6.07) is 8.47.